The lowest BCUT2D eigenvalue weighted by Gasteiger charge is -2.19. The Kier molecular flexibility index (Phi) is 4.83. The fraction of sp³-hybridized carbons (Fsp3) is 0.211. The van der Waals surface area contributed by atoms with Gasteiger partial charge >= 0.3 is 0 Å². The van der Waals surface area contributed by atoms with Gasteiger partial charge in [0.05, 0.1) is 33.6 Å². The molecule has 1 aliphatic rings. The van der Waals surface area contributed by atoms with Crippen LogP contribution in [0.1, 0.15) is 12.0 Å². The first-order valence-electron chi connectivity index (χ1n) is 8.39. The molecule has 3 heterocycles. The monoisotopic (exact) mass is 441 g/mol. The molecule has 0 bridgehead atoms. The van der Waals surface area contributed by atoms with Crippen molar-refractivity contribution in [2.24, 2.45) is 0 Å². The number of rotatable bonds is 3. The van der Waals surface area contributed by atoms with Crippen LogP contribution in [0.5, 0.6) is 0 Å². The fourth-order valence-electron chi connectivity index (χ4n) is 3.17. The number of nitrogen functional groups attached to an aromatic ring is 1. The van der Waals surface area contributed by atoms with E-state index in [1.807, 2.05) is 17.5 Å². The van der Waals surface area contributed by atoms with Gasteiger partial charge in [0, 0.05) is 35.9 Å². The van der Waals surface area contributed by atoms with Crippen LogP contribution in [0.2, 0.25) is 0 Å². The van der Waals surface area contributed by atoms with Gasteiger partial charge in [-0.2, -0.15) is 5.26 Å². The third-order valence-electron chi connectivity index (χ3n) is 4.49. The zero-order valence-electron chi connectivity index (χ0n) is 14.3. The van der Waals surface area contributed by atoms with E-state index in [9.17, 15) is 10.4 Å². The number of hydrogen-bond donors (Lipinski definition) is 2. The summed E-state index contributed by atoms with van der Waals surface area (Å²) in [5, 5.41) is 22.0. The summed E-state index contributed by atoms with van der Waals surface area (Å²) in [6.45, 7) is 1.32. The van der Waals surface area contributed by atoms with Crippen LogP contribution in [0, 0.1) is 11.3 Å². The Labute approximate surface area is 169 Å². The predicted molar refractivity (Wildman–Crippen MR) is 110 cm³/mol. The molecule has 1 fully saturated rings. The molecule has 3 aromatic rings. The van der Waals surface area contributed by atoms with Crippen LogP contribution in [0.3, 0.4) is 0 Å². The van der Waals surface area contributed by atoms with Gasteiger partial charge < -0.3 is 15.7 Å². The Morgan fingerprint density at radius 3 is 2.85 bits per heavy atom. The minimum atomic E-state index is -0.340. The van der Waals surface area contributed by atoms with E-state index in [0.29, 0.717) is 33.7 Å². The minimum Gasteiger partial charge on any atom is -0.398 e. The van der Waals surface area contributed by atoms with Gasteiger partial charge in [-0.05, 0) is 46.6 Å². The average Bonchev–Trinajstić information content (AvgIpc) is 3.35. The zero-order valence-corrected chi connectivity index (χ0v) is 16.7. The second kappa shape index (κ2) is 7.27. The van der Waals surface area contributed by atoms with Crippen LogP contribution in [-0.2, 0) is 0 Å². The van der Waals surface area contributed by atoms with Crippen molar-refractivity contribution in [1.82, 2.24) is 9.97 Å². The number of anilines is 2. The number of benzene rings is 1. The molecule has 1 aliphatic heterocycles. The highest BCUT2D eigenvalue weighted by Gasteiger charge is 2.22. The van der Waals surface area contributed by atoms with Gasteiger partial charge in [-0.3, -0.25) is 0 Å². The second-order valence-electron chi connectivity index (χ2n) is 6.37. The molecule has 4 rings (SSSR count). The van der Waals surface area contributed by atoms with Gasteiger partial charge in [0.2, 0.25) is 0 Å². The lowest BCUT2D eigenvalue weighted by atomic mass is 10.0. The van der Waals surface area contributed by atoms with E-state index in [4.69, 9.17) is 10.7 Å². The van der Waals surface area contributed by atoms with Crippen molar-refractivity contribution >= 4 is 38.6 Å². The molecule has 3 N–H and O–H groups in total. The molecule has 136 valence electrons. The molecule has 0 radical (unpaired) electrons. The van der Waals surface area contributed by atoms with Crippen molar-refractivity contribution in [3.05, 3.63) is 45.9 Å². The van der Waals surface area contributed by atoms with Crippen LogP contribution in [0.15, 0.2) is 40.3 Å². The van der Waals surface area contributed by atoms with E-state index in [1.54, 1.807) is 18.3 Å². The van der Waals surface area contributed by atoms with Crippen molar-refractivity contribution in [3.8, 4) is 28.0 Å². The average molecular weight is 442 g/mol. The summed E-state index contributed by atoms with van der Waals surface area (Å²) in [6, 6.07) is 9.62. The molecule has 1 atom stereocenters. The first-order chi connectivity index (χ1) is 13.0. The maximum atomic E-state index is 9.85. The van der Waals surface area contributed by atoms with Crippen molar-refractivity contribution in [1.29, 1.82) is 5.26 Å². The molecule has 1 saturated heterocycles. The van der Waals surface area contributed by atoms with Gasteiger partial charge in [-0.1, -0.05) is 0 Å². The maximum Gasteiger partial charge on any atom is 0.141 e. The lowest BCUT2D eigenvalue weighted by molar-refractivity contribution is 0.198. The largest absolute Gasteiger partial charge is 0.398 e. The number of pyridine rings is 1. The Bertz CT molecular complexity index is 1030. The van der Waals surface area contributed by atoms with E-state index < -0.39 is 0 Å². The third kappa shape index (κ3) is 3.54. The SMILES string of the molecule is N#Cc1cc(-c2nc(-c3nccs3)cc(N)c2Br)cc(N2CC[C@@H](O)C2)c1. The third-order valence-corrected chi connectivity index (χ3v) is 6.12. The molecule has 0 aliphatic carbocycles. The topological polar surface area (TPSA) is 99.1 Å². The lowest BCUT2D eigenvalue weighted by Crippen LogP contribution is -2.21. The van der Waals surface area contributed by atoms with Crippen molar-refractivity contribution in [2.45, 2.75) is 12.5 Å². The second-order valence-corrected chi connectivity index (χ2v) is 8.05. The van der Waals surface area contributed by atoms with Crippen molar-refractivity contribution in [3.63, 3.8) is 0 Å². The maximum absolute atomic E-state index is 9.85. The van der Waals surface area contributed by atoms with Gasteiger partial charge in [-0.25, -0.2) is 9.97 Å². The van der Waals surface area contributed by atoms with Crippen LogP contribution < -0.4 is 10.6 Å². The summed E-state index contributed by atoms with van der Waals surface area (Å²) in [5.74, 6) is 0. The van der Waals surface area contributed by atoms with E-state index in [2.05, 4.69) is 31.9 Å². The summed E-state index contributed by atoms with van der Waals surface area (Å²) in [4.78, 5) is 11.1. The van der Waals surface area contributed by atoms with Gasteiger partial charge in [-0.15, -0.1) is 11.3 Å². The number of nitriles is 1. The van der Waals surface area contributed by atoms with Crippen LogP contribution in [0.4, 0.5) is 11.4 Å². The smallest absolute Gasteiger partial charge is 0.141 e. The summed E-state index contributed by atoms with van der Waals surface area (Å²) in [5.41, 5.74) is 10.3. The Morgan fingerprint density at radius 1 is 1.33 bits per heavy atom. The molecule has 0 saturated carbocycles. The minimum absolute atomic E-state index is 0.340. The summed E-state index contributed by atoms with van der Waals surface area (Å²) >= 11 is 5.03. The molecule has 8 heteroatoms. The van der Waals surface area contributed by atoms with Crippen molar-refractivity contribution < 1.29 is 5.11 Å². The highest BCUT2D eigenvalue weighted by Crippen LogP contribution is 2.37. The van der Waals surface area contributed by atoms with Crippen LogP contribution in [0.25, 0.3) is 22.0 Å². The van der Waals surface area contributed by atoms with Gasteiger partial charge in [0.1, 0.15) is 10.7 Å². The molecular formula is C19H16BrN5OS. The molecule has 0 amide bonds. The summed E-state index contributed by atoms with van der Waals surface area (Å²) in [7, 11) is 0. The van der Waals surface area contributed by atoms with E-state index in [1.165, 1.54) is 11.3 Å². The fourth-order valence-corrected chi connectivity index (χ4v) is 4.20. The highest BCUT2D eigenvalue weighted by atomic mass is 79.9. The number of β-amino-alcohol motifs (C(OH)–C–C–N with tert-alkyl or cyclic N) is 1. The molecule has 27 heavy (non-hydrogen) atoms. The van der Waals surface area contributed by atoms with E-state index >= 15 is 0 Å². The molecular weight excluding hydrogens is 426 g/mol. The molecule has 1 aromatic carbocycles. The molecule has 0 unspecified atom stereocenters. The standard InChI is InChI=1S/C19H16BrN5OS/c20-17-15(22)8-16(19-23-2-4-27-19)24-18(17)12-5-11(9-21)6-13(7-12)25-3-1-14(26)10-25/h2,4-8,14,26H,1,3,10H2,(H2,22,24)/t14-/m1/s1. The molecule has 2 aromatic heterocycles. The number of thiazole rings is 1. The predicted octanol–water partition coefficient (Wildman–Crippen LogP) is 3.66. The molecule has 0 spiro atoms. The zero-order chi connectivity index (χ0) is 19.0. The Morgan fingerprint density at radius 2 is 2.19 bits per heavy atom. The number of nitrogens with zero attached hydrogens (tertiary/aromatic N) is 4. The number of aliphatic hydroxyl groups excluding tert-OH is 1. The van der Waals surface area contributed by atoms with E-state index in [-0.39, 0.29) is 6.10 Å². The molecule has 6 nitrogen and oxygen atoms in total. The summed E-state index contributed by atoms with van der Waals surface area (Å²) < 4.78 is 0.685. The number of aliphatic hydroxyl groups is 1. The van der Waals surface area contributed by atoms with Gasteiger partial charge in [0.15, 0.2) is 0 Å². The van der Waals surface area contributed by atoms with Crippen LogP contribution in [-0.4, -0.2) is 34.3 Å². The Hall–Kier alpha value is -2.47. The highest BCUT2D eigenvalue weighted by molar-refractivity contribution is 9.10. The number of nitrogens with two attached hydrogens (primary N) is 1. The first-order valence-corrected chi connectivity index (χ1v) is 10.1. The number of aromatic nitrogens is 2. The first kappa shape index (κ1) is 17.9. The van der Waals surface area contributed by atoms with E-state index in [0.717, 1.165) is 29.2 Å². The quantitative estimate of drug-likeness (QED) is 0.643. The summed E-state index contributed by atoms with van der Waals surface area (Å²) in [6.07, 6.45) is 2.11. The number of halogens is 1. The number of hydrogen-bond acceptors (Lipinski definition) is 7. The normalized spacial score (nSPS) is 16.5. The Balaban J connectivity index is 1.84. The van der Waals surface area contributed by atoms with Crippen LogP contribution >= 0.6 is 27.3 Å². The van der Waals surface area contributed by atoms with Gasteiger partial charge in [0.25, 0.3) is 0 Å². The van der Waals surface area contributed by atoms with Crippen molar-refractivity contribution in [2.75, 3.05) is 23.7 Å².